The van der Waals surface area contributed by atoms with Crippen LogP contribution < -0.4 is 15.4 Å². The van der Waals surface area contributed by atoms with Gasteiger partial charge in [-0.25, -0.2) is 9.59 Å². The summed E-state index contributed by atoms with van der Waals surface area (Å²) >= 11 is 0. The average Bonchev–Trinajstić information content (AvgIpc) is 2.95. The standard InChI is InChI=1S/C28H30F3N3O6/c29-28(30,31)26(37)40-34(17-21-7-3-1-4-8-21)27(38)33-22-13-11-20(12-14-22)15-23(18-35)32-16-24(36)19-39-25-9-5-2-6-10-25/h1-14,23-24,32,35-36H,15-19H2,(H,33,38)/t23-,24-/m0/s1. The first-order valence-corrected chi connectivity index (χ1v) is 12.3. The molecule has 0 aromatic heterocycles. The van der Waals surface area contributed by atoms with Crippen LogP contribution in [0.5, 0.6) is 5.75 Å². The van der Waals surface area contributed by atoms with Gasteiger partial charge in [0.15, 0.2) is 0 Å². The number of hydrogen-bond acceptors (Lipinski definition) is 7. The van der Waals surface area contributed by atoms with E-state index in [1.165, 1.54) is 12.1 Å². The number of ether oxygens (including phenoxy) is 1. The average molecular weight is 562 g/mol. The molecule has 9 nitrogen and oxygen atoms in total. The fraction of sp³-hybridized carbons (Fsp3) is 0.286. The van der Waals surface area contributed by atoms with Crippen molar-refractivity contribution in [2.45, 2.75) is 31.3 Å². The van der Waals surface area contributed by atoms with Crippen LogP contribution in [0.3, 0.4) is 0 Å². The number of carbonyl (C=O) groups excluding carboxylic acids is 2. The van der Waals surface area contributed by atoms with Gasteiger partial charge in [-0.2, -0.15) is 13.2 Å². The summed E-state index contributed by atoms with van der Waals surface area (Å²) in [4.78, 5) is 28.4. The van der Waals surface area contributed by atoms with Crippen LogP contribution >= 0.6 is 0 Å². The number of aliphatic hydroxyl groups is 2. The van der Waals surface area contributed by atoms with Gasteiger partial charge in [-0.1, -0.05) is 60.7 Å². The Bertz CT molecular complexity index is 1200. The van der Waals surface area contributed by atoms with E-state index >= 15 is 0 Å². The monoisotopic (exact) mass is 561 g/mol. The van der Waals surface area contributed by atoms with Crippen molar-refractivity contribution in [3.63, 3.8) is 0 Å². The number of nitrogens with zero attached hydrogens (tertiary/aromatic N) is 1. The third-order valence-corrected chi connectivity index (χ3v) is 5.56. The number of hydrogen-bond donors (Lipinski definition) is 4. The van der Waals surface area contributed by atoms with Crippen molar-refractivity contribution in [3.8, 4) is 5.75 Å². The SMILES string of the molecule is O=C(Nc1ccc(C[C@@H](CO)NC[C@H](O)COc2ccccc2)cc1)N(Cc1ccccc1)OC(=O)C(F)(F)F. The van der Waals surface area contributed by atoms with Gasteiger partial charge < -0.3 is 30.4 Å². The van der Waals surface area contributed by atoms with Crippen LogP contribution in [-0.2, 0) is 22.6 Å². The van der Waals surface area contributed by atoms with E-state index in [1.54, 1.807) is 54.6 Å². The molecule has 4 N–H and O–H groups in total. The van der Waals surface area contributed by atoms with Gasteiger partial charge in [-0.3, -0.25) is 0 Å². The van der Waals surface area contributed by atoms with Crippen LogP contribution in [-0.4, -0.2) is 65.4 Å². The van der Waals surface area contributed by atoms with Gasteiger partial charge in [0.2, 0.25) is 0 Å². The molecular formula is C28H30F3N3O6. The fourth-order valence-electron chi connectivity index (χ4n) is 3.51. The Hall–Kier alpha value is -4.13. The van der Waals surface area contributed by atoms with E-state index in [1.807, 2.05) is 18.2 Å². The number of hydroxylamine groups is 2. The molecule has 0 unspecified atom stereocenters. The van der Waals surface area contributed by atoms with Crippen molar-refractivity contribution in [1.82, 2.24) is 10.4 Å². The topological polar surface area (TPSA) is 120 Å². The fourth-order valence-corrected chi connectivity index (χ4v) is 3.51. The zero-order valence-corrected chi connectivity index (χ0v) is 21.4. The van der Waals surface area contributed by atoms with Crippen molar-refractivity contribution in [1.29, 1.82) is 0 Å². The van der Waals surface area contributed by atoms with E-state index in [0.29, 0.717) is 22.8 Å². The second-order valence-electron chi connectivity index (χ2n) is 8.80. The van der Waals surface area contributed by atoms with Crippen LogP contribution in [0.15, 0.2) is 84.9 Å². The van der Waals surface area contributed by atoms with Gasteiger partial charge in [0, 0.05) is 18.3 Å². The highest BCUT2D eigenvalue weighted by Crippen LogP contribution is 2.20. The van der Waals surface area contributed by atoms with Gasteiger partial charge in [-0.05, 0) is 41.8 Å². The van der Waals surface area contributed by atoms with Gasteiger partial charge >= 0.3 is 18.2 Å². The predicted octanol–water partition coefficient (Wildman–Crippen LogP) is 3.67. The van der Waals surface area contributed by atoms with Crippen LogP contribution in [0.2, 0.25) is 0 Å². The van der Waals surface area contributed by atoms with Gasteiger partial charge in [0.1, 0.15) is 18.5 Å². The third kappa shape index (κ3) is 10.2. The Morgan fingerprint density at radius 3 is 2.12 bits per heavy atom. The van der Waals surface area contributed by atoms with Crippen molar-refractivity contribution in [2.75, 3.05) is 25.1 Å². The summed E-state index contributed by atoms with van der Waals surface area (Å²) in [6.45, 7) is -0.355. The molecule has 0 spiro atoms. The third-order valence-electron chi connectivity index (χ3n) is 5.56. The zero-order chi connectivity index (χ0) is 29.0. The summed E-state index contributed by atoms with van der Waals surface area (Å²) in [6.07, 6.45) is -5.70. The first-order valence-electron chi connectivity index (χ1n) is 12.3. The summed E-state index contributed by atoms with van der Waals surface area (Å²) in [5.74, 6) is -1.89. The summed E-state index contributed by atoms with van der Waals surface area (Å²) < 4.78 is 43.8. The number of urea groups is 1. The zero-order valence-electron chi connectivity index (χ0n) is 21.4. The number of halogens is 3. The number of rotatable bonds is 12. The Morgan fingerprint density at radius 1 is 0.900 bits per heavy atom. The van der Waals surface area contributed by atoms with E-state index in [9.17, 15) is 33.0 Å². The molecule has 0 aliphatic carbocycles. The number of carbonyl (C=O) groups is 2. The number of benzene rings is 3. The van der Waals surface area contributed by atoms with Crippen LogP contribution in [0.1, 0.15) is 11.1 Å². The van der Waals surface area contributed by atoms with E-state index < -0.39 is 30.8 Å². The largest absolute Gasteiger partial charge is 0.493 e. The minimum Gasteiger partial charge on any atom is -0.491 e. The molecular weight excluding hydrogens is 531 g/mol. The Balaban J connectivity index is 1.53. The highest BCUT2D eigenvalue weighted by atomic mass is 19.4. The maximum atomic E-state index is 12.7. The lowest BCUT2D eigenvalue weighted by atomic mass is 10.1. The van der Waals surface area contributed by atoms with Crippen molar-refractivity contribution in [3.05, 3.63) is 96.1 Å². The van der Waals surface area contributed by atoms with Crippen molar-refractivity contribution < 1.29 is 42.5 Å². The molecule has 214 valence electrons. The summed E-state index contributed by atoms with van der Waals surface area (Å²) in [7, 11) is 0. The molecule has 3 aromatic rings. The molecule has 0 saturated heterocycles. The van der Waals surface area contributed by atoms with Gasteiger partial charge in [-0.15, -0.1) is 5.06 Å². The number of aliphatic hydroxyl groups excluding tert-OH is 2. The van der Waals surface area contributed by atoms with Crippen molar-refractivity contribution >= 4 is 17.7 Å². The Labute approximate surface area is 229 Å². The maximum Gasteiger partial charge on any atom is 0.493 e. The number of anilines is 1. The molecule has 0 heterocycles. The van der Waals surface area contributed by atoms with Crippen LogP contribution in [0, 0.1) is 0 Å². The van der Waals surface area contributed by atoms with E-state index in [-0.39, 0.29) is 31.5 Å². The molecule has 0 aliphatic rings. The lowest BCUT2D eigenvalue weighted by Gasteiger charge is -2.22. The molecule has 0 saturated carbocycles. The van der Waals surface area contributed by atoms with Crippen LogP contribution in [0.4, 0.5) is 23.7 Å². The quantitative estimate of drug-likeness (QED) is 0.249. The Morgan fingerprint density at radius 2 is 1.52 bits per heavy atom. The normalized spacial score (nSPS) is 12.7. The second kappa shape index (κ2) is 14.9. The van der Waals surface area contributed by atoms with Gasteiger partial charge in [0.05, 0.1) is 13.2 Å². The minimum atomic E-state index is -5.28. The summed E-state index contributed by atoms with van der Waals surface area (Å²) in [5, 5.41) is 25.7. The lowest BCUT2D eigenvalue weighted by molar-refractivity contribution is -0.228. The molecule has 3 aromatic carbocycles. The lowest BCUT2D eigenvalue weighted by Crippen LogP contribution is -2.41. The number of alkyl halides is 3. The molecule has 0 bridgehead atoms. The second-order valence-corrected chi connectivity index (χ2v) is 8.80. The Kier molecular flexibility index (Phi) is 11.3. The number of para-hydroxylation sites is 1. The molecule has 0 fully saturated rings. The minimum absolute atomic E-state index is 0.0725. The summed E-state index contributed by atoms with van der Waals surface area (Å²) in [6, 6.07) is 22.1. The molecule has 2 amide bonds. The first kappa shape index (κ1) is 30.4. The van der Waals surface area contributed by atoms with Crippen molar-refractivity contribution in [2.24, 2.45) is 0 Å². The van der Waals surface area contributed by atoms with Crippen LogP contribution in [0.25, 0.3) is 0 Å². The predicted molar refractivity (Wildman–Crippen MR) is 140 cm³/mol. The maximum absolute atomic E-state index is 12.7. The molecule has 40 heavy (non-hydrogen) atoms. The number of amides is 2. The molecule has 0 aliphatic heterocycles. The molecule has 12 heteroatoms. The van der Waals surface area contributed by atoms with E-state index in [2.05, 4.69) is 15.5 Å². The van der Waals surface area contributed by atoms with E-state index in [0.717, 1.165) is 5.56 Å². The van der Waals surface area contributed by atoms with E-state index in [4.69, 9.17) is 4.74 Å². The number of nitrogens with one attached hydrogen (secondary N) is 2. The summed E-state index contributed by atoms with van der Waals surface area (Å²) in [5.41, 5.74) is 1.48. The molecule has 2 atom stereocenters. The highest BCUT2D eigenvalue weighted by molar-refractivity contribution is 5.89. The smallest absolute Gasteiger partial charge is 0.491 e. The molecule has 3 rings (SSSR count). The molecule has 0 radical (unpaired) electrons. The van der Waals surface area contributed by atoms with Gasteiger partial charge in [0.25, 0.3) is 0 Å². The first-order chi connectivity index (χ1) is 19.1. The highest BCUT2D eigenvalue weighted by Gasteiger charge is 2.43.